The van der Waals surface area contributed by atoms with Crippen molar-refractivity contribution < 1.29 is 0 Å². The Balaban J connectivity index is 1.78. The Kier molecular flexibility index (Phi) is 4.45. The Morgan fingerprint density at radius 2 is 2.14 bits per heavy atom. The summed E-state index contributed by atoms with van der Waals surface area (Å²) in [6, 6.07) is 10.1. The highest BCUT2D eigenvalue weighted by atomic mass is 15.2. The first kappa shape index (κ1) is 14.4. The standard InChI is InChI=1S/C18H25N3/c1-2-17-5-3-4-10-21(17)18-9-6-14(11-15(18)12-19)13-20-16-7-8-16/h6,9,11,16-17,20H,2-5,7-8,10,13H2,1H3. The van der Waals surface area contributed by atoms with Gasteiger partial charge in [-0.3, -0.25) is 0 Å². The molecule has 0 aromatic heterocycles. The molecule has 0 radical (unpaired) electrons. The van der Waals surface area contributed by atoms with Gasteiger partial charge in [0.25, 0.3) is 0 Å². The van der Waals surface area contributed by atoms with E-state index >= 15 is 0 Å². The first-order valence-electron chi connectivity index (χ1n) is 8.35. The third kappa shape index (κ3) is 3.39. The molecule has 0 bridgehead atoms. The number of piperidine rings is 1. The van der Waals surface area contributed by atoms with Gasteiger partial charge in [0.1, 0.15) is 6.07 Å². The predicted molar refractivity (Wildman–Crippen MR) is 86.3 cm³/mol. The lowest BCUT2D eigenvalue weighted by atomic mass is 9.97. The fourth-order valence-electron chi connectivity index (χ4n) is 3.32. The summed E-state index contributed by atoms with van der Waals surface area (Å²) in [4.78, 5) is 2.46. The van der Waals surface area contributed by atoms with Gasteiger partial charge in [-0.25, -0.2) is 0 Å². The lowest BCUT2D eigenvalue weighted by Crippen LogP contribution is -2.39. The molecule has 1 N–H and O–H groups in total. The van der Waals surface area contributed by atoms with Crippen LogP contribution in [0, 0.1) is 11.3 Å². The second kappa shape index (κ2) is 6.49. The molecule has 1 atom stereocenters. The average molecular weight is 283 g/mol. The number of anilines is 1. The topological polar surface area (TPSA) is 39.1 Å². The van der Waals surface area contributed by atoms with Gasteiger partial charge in [0.15, 0.2) is 0 Å². The van der Waals surface area contributed by atoms with E-state index in [-0.39, 0.29) is 0 Å². The van der Waals surface area contributed by atoms with E-state index in [4.69, 9.17) is 0 Å². The number of hydrogen-bond donors (Lipinski definition) is 1. The molecule has 21 heavy (non-hydrogen) atoms. The molecule has 0 spiro atoms. The Bertz CT molecular complexity index is 528. The summed E-state index contributed by atoms with van der Waals surface area (Å²) in [5.74, 6) is 0. The van der Waals surface area contributed by atoms with E-state index in [1.165, 1.54) is 37.7 Å². The van der Waals surface area contributed by atoms with Crippen molar-refractivity contribution in [2.24, 2.45) is 0 Å². The third-order valence-corrected chi connectivity index (χ3v) is 4.76. The van der Waals surface area contributed by atoms with Crippen LogP contribution in [0.15, 0.2) is 18.2 Å². The van der Waals surface area contributed by atoms with Crippen LogP contribution in [-0.4, -0.2) is 18.6 Å². The van der Waals surface area contributed by atoms with Crippen molar-refractivity contribution in [1.82, 2.24) is 5.32 Å². The highest BCUT2D eigenvalue weighted by molar-refractivity contribution is 5.61. The van der Waals surface area contributed by atoms with E-state index in [0.717, 1.165) is 30.8 Å². The van der Waals surface area contributed by atoms with Gasteiger partial charge in [-0.05, 0) is 56.2 Å². The van der Waals surface area contributed by atoms with E-state index < -0.39 is 0 Å². The van der Waals surface area contributed by atoms with Crippen molar-refractivity contribution in [2.45, 2.75) is 64.1 Å². The van der Waals surface area contributed by atoms with Crippen LogP contribution in [0.1, 0.15) is 56.6 Å². The van der Waals surface area contributed by atoms with Gasteiger partial charge >= 0.3 is 0 Å². The van der Waals surface area contributed by atoms with Crippen LogP contribution in [0.25, 0.3) is 0 Å². The number of rotatable bonds is 5. The quantitative estimate of drug-likeness (QED) is 0.897. The maximum Gasteiger partial charge on any atom is 0.101 e. The van der Waals surface area contributed by atoms with E-state index in [9.17, 15) is 5.26 Å². The van der Waals surface area contributed by atoms with Crippen LogP contribution in [0.3, 0.4) is 0 Å². The molecule has 1 saturated heterocycles. The van der Waals surface area contributed by atoms with E-state index in [1.54, 1.807) is 0 Å². The smallest absolute Gasteiger partial charge is 0.101 e. The van der Waals surface area contributed by atoms with Crippen LogP contribution in [0.5, 0.6) is 0 Å². The molecular formula is C18H25N3. The SMILES string of the molecule is CCC1CCCCN1c1ccc(CNC2CC2)cc1C#N. The van der Waals surface area contributed by atoms with Gasteiger partial charge in [-0.15, -0.1) is 0 Å². The van der Waals surface area contributed by atoms with Crippen LogP contribution in [0.4, 0.5) is 5.69 Å². The number of hydrogen-bond acceptors (Lipinski definition) is 3. The summed E-state index contributed by atoms with van der Waals surface area (Å²) in [6.45, 7) is 4.23. The van der Waals surface area contributed by atoms with Gasteiger partial charge in [0.05, 0.1) is 11.3 Å². The van der Waals surface area contributed by atoms with Crippen molar-refractivity contribution >= 4 is 5.69 Å². The summed E-state index contributed by atoms with van der Waals surface area (Å²) >= 11 is 0. The largest absolute Gasteiger partial charge is 0.367 e. The number of nitriles is 1. The second-order valence-corrected chi connectivity index (χ2v) is 6.37. The van der Waals surface area contributed by atoms with E-state index in [1.807, 2.05) is 0 Å². The first-order chi connectivity index (χ1) is 10.3. The second-order valence-electron chi connectivity index (χ2n) is 6.37. The molecule has 3 heteroatoms. The molecule has 1 unspecified atom stereocenters. The minimum absolute atomic E-state index is 0.598. The molecular weight excluding hydrogens is 258 g/mol. The normalized spacial score (nSPS) is 22.1. The van der Waals surface area contributed by atoms with Gasteiger partial charge in [0, 0.05) is 25.2 Å². The Morgan fingerprint density at radius 3 is 2.86 bits per heavy atom. The monoisotopic (exact) mass is 283 g/mol. The van der Waals surface area contributed by atoms with Gasteiger partial charge in [-0.1, -0.05) is 13.0 Å². The minimum Gasteiger partial charge on any atom is -0.367 e. The van der Waals surface area contributed by atoms with Crippen LogP contribution >= 0.6 is 0 Å². The summed E-state index contributed by atoms with van der Waals surface area (Å²) in [5.41, 5.74) is 3.21. The van der Waals surface area contributed by atoms with Crippen molar-refractivity contribution in [3.63, 3.8) is 0 Å². The third-order valence-electron chi connectivity index (χ3n) is 4.76. The highest BCUT2D eigenvalue weighted by Crippen LogP contribution is 2.30. The van der Waals surface area contributed by atoms with Crippen molar-refractivity contribution in [3.8, 4) is 6.07 Å². The zero-order chi connectivity index (χ0) is 14.7. The lowest BCUT2D eigenvalue weighted by molar-refractivity contribution is 0.450. The summed E-state index contributed by atoms with van der Waals surface area (Å²) in [5, 5.41) is 13.0. The fourth-order valence-corrected chi connectivity index (χ4v) is 3.32. The molecule has 3 rings (SSSR count). The summed E-state index contributed by atoms with van der Waals surface area (Å²) in [6.07, 6.45) is 7.58. The Hall–Kier alpha value is -1.53. The number of benzene rings is 1. The molecule has 1 aromatic carbocycles. The van der Waals surface area contributed by atoms with Crippen LogP contribution < -0.4 is 10.2 Å². The molecule has 2 fully saturated rings. The molecule has 0 amide bonds. The number of nitrogens with zero attached hydrogens (tertiary/aromatic N) is 2. The Morgan fingerprint density at radius 1 is 1.29 bits per heavy atom. The number of nitrogens with one attached hydrogen (secondary N) is 1. The van der Waals surface area contributed by atoms with Crippen molar-refractivity contribution in [1.29, 1.82) is 5.26 Å². The van der Waals surface area contributed by atoms with Crippen LogP contribution in [-0.2, 0) is 6.54 Å². The molecule has 1 heterocycles. The molecule has 1 saturated carbocycles. The van der Waals surface area contributed by atoms with Crippen molar-refractivity contribution in [2.75, 3.05) is 11.4 Å². The molecule has 2 aliphatic rings. The maximum absolute atomic E-state index is 9.53. The Labute approximate surface area is 128 Å². The van der Waals surface area contributed by atoms with Gasteiger partial charge in [-0.2, -0.15) is 5.26 Å². The molecule has 1 aliphatic carbocycles. The average Bonchev–Trinajstić information content (AvgIpc) is 3.37. The van der Waals surface area contributed by atoms with Gasteiger partial charge < -0.3 is 10.2 Å². The molecule has 3 nitrogen and oxygen atoms in total. The molecule has 112 valence electrons. The fraction of sp³-hybridized carbons (Fsp3) is 0.611. The van der Waals surface area contributed by atoms with Crippen molar-refractivity contribution in [3.05, 3.63) is 29.3 Å². The lowest BCUT2D eigenvalue weighted by Gasteiger charge is -2.37. The van der Waals surface area contributed by atoms with E-state index in [2.05, 4.69) is 41.4 Å². The zero-order valence-electron chi connectivity index (χ0n) is 12.9. The van der Waals surface area contributed by atoms with E-state index in [0.29, 0.717) is 12.1 Å². The van der Waals surface area contributed by atoms with Gasteiger partial charge in [0.2, 0.25) is 0 Å². The highest BCUT2D eigenvalue weighted by Gasteiger charge is 2.24. The maximum atomic E-state index is 9.53. The minimum atomic E-state index is 0.598. The summed E-state index contributed by atoms with van der Waals surface area (Å²) in [7, 11) is 0. The molecule has 1 aromatic rings. The van der Waals surface area contributed by atoms with Crippen LogP contribution in [0.2, 0.25) is 0 Å². The molecule has 1 aliphatic heterocycles. The summed E-state index contributed by atoms with van der Waals surface area (Å²) < 4.78 is 0. The zero-order valence-corrected chi connectivity index (χ0v) is 12.9. The predicted octanol–water partition coefficient (Wildman–Crippen LogP) is 3.58. The first-order valence-corrected chi connectivity index (χ1v) is 8.35.